The lowest BCUT2D eigenvalue weighted by Crippen LogP contribution is -2.36. The number of halogens is 3. The van der Waals surface area contributed by atoms with Crippen molar-refractivity contribution in [3.63, 3.8) is 0 Å². The third-order valence-corrected chi connectivity index (χ3v) is 8.48. The number of nitrogens with one attached hydrogen (secondary N) is 1. The highest BCUT2D eigenvalue weighted by molar-refractivity contribution is 7.07. The number of nitrogens with zero attached hydrogens (tertiary/aromatic N) is 4. The lowest BCUT2D eigenvalue weighted by Gasteiger charge is -2.28. The van der Waals surface area contributed by atoms with Crippen molar-refractivity contribution in [1.29, 1.82) is 5.26 Å². The average Bonchev–Trinajstić information content (AvgIpc) is 3.34. The van der Waals surface area contributed by atoms with Crippen LogP contribution in [0.4, 0.5) is 30.2 Å². The summed E-state index contributed by atoms with van der Waals surface area (Å²) in [5.74, 6) is -0.920. The Bertz CT molecular complexity index is 2050. The van der Waals surface area contributed by atoms with Gasteiger partial charge < -0.3 is 15.0 Å². The first-order valence-electron chi connectivity index (χ1n) is 13.9. The lowest BCUT2D eigenvalue weighted by molar-refractivity contribution is -0.384. The number of carbonyl (C=O) groups is 1. The number of hydrogen-bond donors (Lipinski definition) is 1. The van der Waals surface area contributed by atoms with Crippen LogP contribution in [-0.4, -0.2) is 41.7 Å². The van der Waals surface area contributed by atoms with Crippen molar-refractivity contribution in [1.82, 2.24) is 4.57 Å². The number of hydrogen-bond acceptors (Lipinski definition) is 8. The van der Waals surface area contributed by atoms with Gasteiger partial charge in [-0.15, -0.1) is 11.3 Å². The number of aromatic nitrogens is 1. The van der Waals surface area contributed by atoms with Crippen LogP contribution in [0.5, 0.6) is 0 Å². The Balaban J connectivity index is 1.76. The Morgan fingerprint density at radius 2 is 1.74 bits per heavy atom. The molecule has 1 amide bonds. The molecule has 46 heavy (non-hydrogen) atoms. The predicted molar refractivity (Wildman–Crippen MR) is 167 cm³/mol. The molecule has 2 heterocycles. The zero-order valence-electron chi connectivity index (χ0n) is 24.6. The van der Waals surface area contributed by atoms with E-state index in [9.17, 15) is 38.1 Å². The zero-order valence-corrected chi connectivity index (χ0v) is 25.4. The first-order valence-corrected chi connectivity index (χ1v) is 14.8. The molecule has 3 aromatic carbocycles. The highest BCUT2D eigenvalue weighted by atomic mass is 32.1. The van der Waals surface area contributed by atoms with Crippen molar-refractivity contribution in [2.75, 3.05) is 36.5 Å². The molecule has 5 rings (SSSR count). The summed E-state index contributed by atoms with van der Waals surface area (Å²) in [6, 6.07) is 15.7. The normalized spacial score (nSPS) is 14.5. The van der Waals surface area contributed by atoms with Gasteiger partial charge in [-0.05, 0) is 54.8 Å². The molecule has 0 aliphatic carbocycles. The summed E-state index contributed by atoms with van der Waals surface area (Å²) >= 11 is 0.632. The fourth-order valence-corrected chi connectivity index (χ4v) is 6.25. The molecule has 0 spiro atoms. The molecule has 1 aliphatic heterocycles. The maximum absolute atomic E-state index is 14.1. The van der Waals surface area contributed by atoms with E-state index in [4.69, 9.17) is 4.74 Å². The number of nitro benzene ring substituents is 1. The maximum Gasteiger partial charge on any atom is 0.418 e. The highest BCUT2D eigenvalue weighted by Crippen LogP contribution is 2.33. The fraction of sp³-hybridized carbons (Fsp3) is 0.219. The number of thiazole rings is 1. The topological polar surface area (TPSA) is 130 Å². The van der Waals surface area contributed by atoms with Crippen molar-refractivity contribution in [2.24, 2.45) is 0 Å². The Labute approximate surface area is 264 Å². The van der Waals surface area contributed by atoms with Crippen molar-refractivity contribution < 1.29 is 27.6 Å². The summed E-state index contributed by atoms with van der Waals surface area (Å²) in [4.78, 5) is 40.6. The van der Waals surface area contributed by atoms with Crippen LogP contribution in [0, 0.1) is 35.3 Å². The monoisotopic (exact) mass is 649 g/mol. The molecule has 0 saturated carbocycles. The smallest absolute Gasteiger partial charge is 0.378 e. The second-order valence-corrected chi connectivity index (χ2v) is 11.4. The quantitative estimate of drug-likeness (QED) is 0.242. The van der Waals surface area contributed by atoms with Crippen LogP contribution >= 0.6 is 11.3 Å². The summed E-state index contributed by atoms with van der Waals surface area (Å²) in [6.45, 7) is 5.17. The molecule has 1 fully saturated rings. The fourth-order valence-electron chi connectivity index (χ4n) is 5.16. The Morgan fingerprint density at radius 1 is 1.07 bits per heavy atom. The van der Waals surface area contributed by atoms with Gasteiger partial charge in [0.05, 0.1) is 33.9 Å². The van der Waals surface area contributed by atoms with Gasteiger partial charge in [0.15, 0.2) is 5.57 Å². The molecule has 0 bridgehead atoms. The second-order valence-electron chi connectivity index (χ2n) is 10.4. The summed E-state index contributed by atoms with van der Waals surface area (Å²) in [5, 5.41) is 24.8. The van der Waals surface area contributed by atoms with E-state index in [0.717, 1.165) is 18.2 Å². The maximum atomic E-state index is 14.1. The summed E-state index contributed by atoms with van der Waals surface area (Å²) < 4.78 is 47.9. The van der Waals surface area contributed by atoms with E-state index in [0.29, 0.717) is 64.7 Å². The molecule has 0 atom stereocenters. The van der Waals surface area contributed by atoms with Gasteiger partial charge in [-0.3, -0.25) is 24.3 Å². The molecule has 0 radical (unpaired) electrons. The Morgan fingerprint density at radius 3 is 2.37 bits per heavy atom. The van der Waals surface area contributed by atoms with Gasteiger partial charge in [0.25, 0.3) is 17.2 Å². The van der Waals surface area contributed by atoms with Crippen molar-refractivity contribution in [2.45, 2.75) is 20.0 Å². The van der Waals surface area contributed by atoms with E-state index in [2.05, 4.69) is 5.32 Å². The van der Waals surface area contributed by atoms with Gasteiger partial charge in [-0.1, -0.05) is 36.4 Å². The van der Waals surface area contributed by atoms with Crippen LogP contribution in [0.25, 0.3) is 17.3 Å². The molecular weight excluding hydrogens is 623 g/mol. The number of aryl methyl sites for hydroxylation is 2. The van der Waals surface area contributed by atoms with Crippen LogP contribution in [0.1, 0.15) is 22.3 Å². The SMILES string of the molecule is Cc1cccc(C)c1NC(=O)/C(C#N)=c1/s/c(=C\c2ccc(N3CCOCC3)c([N+](=O)[O-])c2)c(=O)n1-c1ccccc1C(F)(F)F. The number of alkyl halides is 3. The van der Waals surface area contributed by atoms with Crippen molar-refractivity contribution >= 4 is 46.0 Å². The number of ether oxygens (including phenoxy) is 1. The van der Waals surface area contributed by atoms with Crippen LogP contribution in [-0.2, 0) is 15.7 Å². The molecule has 1 aromatic heterocycles. The van der Waals surface area contributed by atoms with E-state index in [1.165, 1.54) is 24.3 Å². The van der Waals surface area contributed by atoms with Gasteiger partial charge in [-0.2, -0.15) is 18.4 Å². The molecule has 1 N–H and O–H groups in total. The molecule has 10 nitrogen and oxygen atoms in total. The van der Waals surface area contributed by atoms with Gasteiger partial charge in [0.1, 0.15) is 16.4 Å². The number of rotatable bonds is 6. The van der Waals surface area contributed by atoms with Crippen LogP contribution < -0.4 is 25.0 Å². The van der Waals surface area contributed by atoms with Gasteiger partial charge in [0, 0.05) is 24.8 Å². The Kier molecular flexibility index (Phi) is 9.08. The van der Waals surface area contributed by atoms with Gasteiger partial charge >= 0.3 is 6.18 Å². The molecule has 1 aliphatic rings. The third-order valence-electron chi connectivity index (χ3n) is 7.39. The molecule has 1 saturated heterocycles. The summed E-state index contributed by atoms with van der Waals surface area (Å²) in [7, 11) is 0. The first kappa shape index (κ1) is 32.1. The molecule has 236 valence electrons. The first-order chi connectivity index (χ1) is 21.9. The molecule has 0 unspecified atom stereocenters. The second kappa shape index (κ2) is 13.0. The molecular formula is C32H26F3N5O5S. The van der Waals surface area contributed by atoms with E-state index in [1.54, 1.807) is 49.1 Å². The van der Waals surface area contributed by atoms with Crippen LogP contribution in [0.3, 0.4) is 0 Å². The average molecular weight is 650 g/mol. The highest BCUT2D eigenvalue weighted by Gasteiger charge is 2.35. The number of carbonyl (C=O) groups excluding carboxylic acids is 1. The summed E-state index contributed by atoms with van der Waals surface area (Å²) in [6.07, 6.45) is -3.58. The number of morpholine rings is 1. The van der Waals surface area contributed by atoms with E-state index in [-0.39, 0.29) is 20.4 Å². The van der Waals surface area contributed by atoms with Crippen molar-refractivity contribution in [3.8, 4) is 11.8 Å². The van der Waals surface area contributed by atoms with Crippen molar-refractivity contribution in [3.05, 3.63) is 113 Å². The number of nitriles is 1. The number of benzene rings is 3. The van der Waals surface area contributed by atoms with E-state index >= 15 is 0 Å². The minimum Gasteiger partial charge on any atom is -0.378 e. The summed E-state index contributed by atoms with van der Waals surface area (Å²) in [5.41, 5.74) is -1.11. The molecule has 14 heteroatoms. The van der Waals surface area contributed by atoms with E-state index in [1.807, 2.05) is 0 Å². The third kappa shape index (κ3) is 6.42. The van der Waals surface area contributed by atoms with Gasteiger partial charge in [-0.25, -0.2) is 0 Å². The van der Waals surface area contributed by atoms with Gasteiger partial charge in [0.2, 0.25) is 0 Å². The minimum atomic E-state index is -4.87. The number of para-hydroxylation sites is 2. The number of amides is 1. The van der Waals surface area contributed by atoms with E-state index < -0.39 is 39.4 Å². The zero-order chi connectivity index (χ0) is 33.2. The predicted octanol–water partition coefficient (Wildman–Crippen LogP) is 4.42. The Hall–Kier alpha value is -5.26. The number of anilines is 2. The minimum absolute atomic E-state index is 0.145. The largest absolute Gasteiger partial charge is 0.418 e. The molecule has 4 aromatic rings. The number of nitro groups is 1. The standard InChI is InChI=1S/C32H26F3N5O5S/c1-19-6-5-7-20(2)28(19)37-29(41)22(18-36)31-39(24-9-4-3-8-23(24)32(33,34)35)30(42)27(46-31)17-21-10-11-25(26(16-21)40(43)44)38-12-14-45-15-13-38/h3-11,16-17H,12-15H2,1-2H3,(H,37,41)/b27-17-,31-22+. The lowest BCUT2D eigenvalue weighted by atomic mass is 10.1. The van der Waals surface area contributed by atoms with Crippen LogP contribution in [0.2, 0.25) is 0 Å². The van der Waals surface area contributed by atoms with Crippen LogP contribution in [0.15, 0.2) is 65.5 Å².